The number of para-hydroxylation sites is 4. The van der Waals surface area contributed by atoms with Gasteiger partial charge in [0, 0.05) is 10.8 Å². The Morgan fingerprint density at radius 2 is 1.43 bits per heavy atom. The monoisotopic (exact) mass is 475 g/mol. The Labute approximate surface area is 205 Å². The highest BCUT2D eigenvalue weighted by Crippen LogP contribution is 2.35. The predicted molar refractivity (Wildman–Crippen MR) is 144 cm³/mol. The van der Waals surface area contributed by atoms with E-state index in [-0.39, 0.29) is 17.9 Å². The third-order valence-corrected chi connectivity index (χ3v) is 7.27. The summed E-state index contributed by atoms with van der Waals surface area (Å²) in [5.41, 5.74) is 4.08. The zero-order valence-electron chi connectivity index (χ0n) is 19.0. The molecule has 6 aromatic rings. The molecule has 0 N–H and O–H groups in total. The van der Waals surface area contributed by atoms with E-state index in [1.54, 1.807) is 4.90 Å². The van der Waals surface area contributed by atoms with E-state index in [4.69, 9.17) is 4.98 Å². The summed E-state index contributed by atoms with van der Waals surface area (Å²) in [5, 5.41) is 1.82. The van der Waals surface area contributed by atoms with E-state index in [1.165, 1.54) is 11.3 Å². The molecule has 2 aromatic heterocycles. The number of carbonyl (C=O) groups excluding carboxylic acids is 1. The average Bonchev–Trinajstić information content (AvgIpc) is 3.31. The van der Waals surface area contributed by atoms with Gasteiger partial charge in [0.25, 0.3) is 5.91 Å². The Balaban J connectivity index is 1.55. The molecule has 0 aliphatic rings. The number of thiazole rings is 1. The van der Waals surface area contributed by atoms with Gasteiger partial charge in [-0.15, -0.1) is 0 Å². The number of rotatable bonds is 4. The van der Waals surface area contributed by atoms with Crippen LogP contribution in [0.5, 0.6) is 0 Å². The molecule has 0 unspecified atom stereocenters. The summed E-state index contributed by atoms with van der Waals surface area (Å²) >= 11 is 1.49. The minimum atomic E-state index is -0.127. The van der Waals surface area contributed by atoms with Gasteiger partial charge in [-0.1, -0.05) is 65.9 Å². The lowest BCUT2D eigenvalue weighted by Crippen LogP contribution is -2.31. The second kappa shape index (κ2) is 8.49. The fraction of sp³-hybridized carbons (Fsp3) is 0.0690. The molecule has 170 valence electrons. The van der Waals surface area contributed by atoms with Crippen LogP contribution in [0.25, 0.3) is 32.0 Å². The Kier molecular flexibility index (Phi) is 5.16. The summed E-state index contributed by atoms with van der Waals surface area (Å²) in [5.74, 6) is -0.127. The van der Waals surface area contributed by atoms with E-state index in [2.05, 4.69) is 0 Å². The number of fused-ring (bicyclic) bond motifs is 3. The molecule has 0 spiro atoms. The largest absolute Gasteiger partial charge is 0.331 e. The van der Waals surface area contributed by atoms with Gasteiger partial charge in [0.15, 0.2) is 10.6 Å². The number of nitrogens with zero attached hydrogens (tertiary/aromatic N) is 3. The molecule has 5 nitrogen and oxygen atoms in total. The summed E-state index contributed by atoms with van der Waals surface area (Å²) in [7, 11) is 0. The first-order valence-electron chi connectivity index (χ1n) is 11.4. The second-order valence-electron chi connectivity index (χ2n) is 8.43. The van der Waals surface area contributed by atoms with Gasteiger partial charge in [-0.25, -0.2) is 4.98 Å². The summed E-state index contributed by atoms with van der Waals surface area (Å²) in [6.45, 7) is 2.05. The molecule has 2 heterocycles. The molecule has 1 amide bonds. The van der Waals surface area contributed by atoms with Crippen molar-refractivity contribution in [3.63, 3.8) is 0 Å². The molecule has 0 radical (unpaired) electrons. The lowest BCUT2D eigenvalue weighted by atomic mass is 10.1. The first kappa shape index (κ1) is 21.3. The zero-order chi connectivity index (χ0) is 23.9. The third-order valence-electron chi connectivity index (χ3n) is 6.25. The molecule has 6 rings (SSSR count). The van der Waals surface area contributed by atoms with Crippen LogP contribution in [0, 0.1) is 6.92 Å². The average molecular weight is 476 g/mol. The SMILES string of the molecule is Cc1ccccc1N(C(=O)Cn1c2ccccc2c(=O)c2ccccc21)c1nc2ccccc2s1. The molecule has 0 atom stereocenters. The Bertz CT molecular complexity index is 1710. The van der Waals surface area contributed by atoms with Crippen LogP contribution in [-0.2, 0) is 11.3 Å². The fourth-order valence-electron chi connectivity index (χ4n) is 4.57. The van der Waals surface area contributed by atoms with Crippen molar-refractivity contribution in [2.45, 2.75) is 13.5 Å². The standard InChI is InChI=1S/C29H21N3O2S/c1-19-10-2-6-14-23(19)32(29-30-22-13-5-9-17-26(22)35-29)27(33)18-31-24-15-7-3-11-20(24)28(34)21-12-4-8-16-25(21)31/h2-17H,18H2,1H3. The molecule has 0 bridgehead atoms. The van der Waals surface area contributed by atoms with Gasteiger partial charge in [0.05, 0.1) is 26.9 Å². The van der Waals surface area contributed by atoms with Crippen LogP contribution in [-0.4, -0.2) is 15.5 Å². The number of hydrogen-bond donors (Lipinski definition) is 0. The number of pyridine rings is 1. The van der Waals surface area contributed by atoms with Crippen molar-refractivity contribution in [2.24, 2.45) is 0 Å². The van der Waals surface area contributed by atoms with Crippen molar-refractivity contribution in [3.05, 3.63) is 113 Å². The number of aromatic nitrogens is 2. The van der Waals surface area contributed by atoms with E-state index in [9.17, 15) is 9.59 Å². The van der Waals surface area contributed by atoms with Gasteiger partial charge >= 0.3 is 0 Å². The summed E-state index contributed by atoms with van der Waals surface area (Å²) in [4.78, 5) is 33.7. The van der Waals surface area contributed by atoms with Gasteiger partial charge < -0.3 is 4.57 Å². The van der Waals surface area contributed by atoms with Gasteiger partial charge in [0.1, 0.15) is 6.54 Å². The van der Waals surface area contributed by atoms with Crippen LogP contribution in [0.1, 0.15) is 5.56 Å². The lowest BCUT2D eigenvalue weighted by Gasteiger charge is -2.23. The van der Waals surface area contributed by atoms with Crippen LogP contribution in [0.4, 0.5) is 10.8 Å². The van der Waals surface area contributed by atoms with E-state index in [0.29, 0.717) is 15.9 Å². The van der Waals surface area contributed by atoms with Crippen molar-refractivity contribution in [1.29, 1.82) is 0 Å². The highest BCUT2D eigenvalue weighted by molar-refractivity contribution is 7.22. The molecule has 0 saturated heterocycles. The van der Waals surface area contributed by atoms with Crippen LogP contribution in [0.3, 0.4) is 0 Å². The van der Waals surface area contributed by atoms with Gasteiger partial charge in [0.2, 0.25) is 0 Å². The van der Waals surface area contributed by atoms with E-state index >= 15 is 0 Å². The summed E-state index contributed by atoms with van der Waals surface area (Å²) in [6, 6.07) is 30.6. The maximum absolute atomic E-state index is 14.1. The molecule has 0 saturated carbocycles. The number of carbonyl (C=O) groups is 1. The van der Waals surface area contributed by atoms with Gasteiger partial charge in [-0.2, -0.15) is 0 Å². The van der Waals surface area contributed by atoms with Crippen molar-refractivity contribution in [3.8, 4) is 0 Å². The topological polar surface area (TPSA) is 55.2 Å². The number of amides is 1. The Morgan fingerprint density at radius 1 is 0.829 bits per heavy atom. The van der Waals surface area contributed by atoms with E-state index in [0.717, 1.165) is 32.5 Å². The number of benzene rings is 4. The first-order chi connectivity index (χ1) is 17.1. The molecule has 0 fully saturated rings. The van der Waals surface area contributed by atoms with Crippen LogP contribution < -0.4 is 10.3 Å². The summed E-state index contributed by atoms with van der Waals surface area (Å²) < 4.78 is 2.96. The lowest BCUT2D eigenvalue weighted by molar-refractivity contribution is -0.118. The molecule has 0 aliphatic carbocycles. The third kappa shape index (κ3) is 3.59. The molecule has 0 aliphatic heterocycles. The molecular weight excluding hydrogens is 454 g/mol. The van der Waals surface area contributed by atoms with Crippen molar-refractivity contribution >= 4 is 60.1 Å². The van der Waals surface area contributed by atoms with Crippen LogP contribution >= 0.6 is 11.3 Å². The molecular formula is C29H21N3O2S. The zero-order valence-corrected chi connectivity index (χ0v) is 19.8. The van der Waals surface area contributed by atoms with Crippen LogP contribution in [0.15, 0.2) is 102 Å². The Morgan fingerprint density at radius 3 is 2.11 bits per heavy atom. The van der Waals surface area contributed by atoms with Crippen LogP contribution in [0.2, 0.25) is 0 Å². The summed E-state index contributed by atoms with van der Waals surface area (Å²) in [6.07, 6.45) is 0. The van der Waals surface area contributed by atoms with E-state index < -0.39 is 0 Å². The van der Waals surface area contributed by atoms with Crippen molar-refractivity contribution in [1.82, 2.24) is 9.55 Å². The highest BCUT2D eigenvalue weighted by Gasteiger charge is 2.24. The Hall–Kier alpha value is -4.29. The number of anilines is 2. The smallest absolute Gasteiger partial charge is 0.253 e. The van der Waals surface area contributed by atoms with Gasteiger partial charge in [-0.05, 0) is 55.0 Å². The quantitative estimate of drug-likeness (QED) is 0.276. The first-order valence-corrected chi connectivity index (χ1v) is 12.2. The molecule has 4 aromatic carbocycles. The number of aryl methyl sites for hydroxylation is 1. The fourth-order valence-corrected chi connectivity index (χ4v) is 5.56. The number of hydrogen-bond acceptors (Lipinski definition) is 4. The maximum Gasteiger partial charge on any atom is 0.253 e. The van der Waals surface area contributed by atoms with Gasteiger partial charge in [-0.3, -0.25) is 14.5 Å². The second-order valence-corrected chi connectivity index (χ2v) is 9.44. The molecule has 6 heteroatoms. The molecule has 35 heavy (non-hydrogen) atoms. The minimum Gasteiger partial charge on any atom is -0.331 e. The van der Waals surface area contributed by atoms with Crippen molar-refractivity contribution in [2.75, 3.05) is 4.90 Å². The van der Waals surface area contributed by atoms with Crippen molar-refractivity contribution < 1.29 is 4.79 Å². The predicted octanol–water partition coefficient (Wildman–Crippen LogP) is 6.44. The van der Waals surface area contributed by atoms with E-state index in [1.807, 2.05) is 109 Å². The maximum atomic E-state index is 14.1. The normalized spacial score (nSPS) is 11.3. The minimum absolute atomic E-state index is 0.0261. The highest BCUT2D eigenvalue weighted by atomic mass is 32.1.